The van der Waals surface area contributed by atoms with E-state index in [1.807, 2.05) is 46.8 Å². The molecule has 1 saturated heterocycles. The van der Waals surface area contributed by atoms with Crippen molar-refractivity contribution in [1.82, 2.24) is 14.7 Å². The smallest absolute Gasteiger partial charge is 0.410 e. The standard InChI is InChI=1S/C18H34N4O2/c1-18(2,3)24-17(23)22(13-14-7-8-14)15-9-11-21(12-10-15)16(19-4)20(5)6/h14-15H,7-13H2,1-6H3. The zero-order chi connectivity index (χ0) is 17.9. The highest BCUT2D eigenvalue weighted by molar-refractivity contribution is 5.79. The van der Waals surface area contributed by atoms with E-state index in [2.05, 4.69) is 14.8 Å². The summed E-state index contributed by atoms with van der Waals surface area (Å²) in [5.41, 5.74) is -0.438. The van der Waals surface area contributed by atoms with Crippen LogP contribution in [0, 0.1) is 5.92 Å². The van der Waals surface area contributed by atoms with Crippen molar-refractivity contribution in [3.63, 3.8) is 0 Å². The Morgan fingerprint density at radius 3 is 2.17 bits per heavy atom. The van der Waals surface area contributed by atoms with Crippen LogP contribution in [-0.4, -0.2) is 79.2 Å². The van der Waals surface area contributed by atoms with Crippen molar-refractivity contribution in [3.05, 3.63) is 0 Å². The van der Waals surface area contributed by atoms with Gasteiger partial charge in [-0.25, -0.2) is 4.79 Å². The van der Waals surface area contributed by atoms with Gasteiger partial charge >= 0.3 is 6.09 Å². The van der Waals surface area contributed by atoms with Gasteiger partial charge in [-0.2, -0.15) is 0 Å². The van der Waals surface area contributed by atoms with Crippen molar-refractivity contribution in [2.75, 3.05) is 40.8 Å². The van der Waals surface area contributed by atoms with E-state index in [9.17, 15) is 4.79 Å². The molecule has 1 aliphatic carbocycles. The van der Waals surface area contributed by atoms with Crippen LogP contribution in [0.3, 0.4) is 0 Å². The fraction of sp³-hybridized carbons (Fsp3) is 0.889. The quantitative estimate of drug-likeness (QED) is 0.586. The highest BCUT2D eigenvalue weighted by Crippen LogP contribution is 2.32. The third-order valence-electron chi connectivity index (χ3n) is 4.57. The molecule has 6 heteroatoms. The molecular weight excluding hydrogens is 304 g/mol. The van der Waals surface area contributed by atoms with E-state index in [1.54, 1.807) is 0 Å². The lowest BCUT2D eigenvalue weighted by molar-refractivity contribution is 0.00911. The van der Waals surface area contributed by atoms with Gasteiger partial charge in [0.05, 0.1) is 0 Å². The molecule has 2 aliphatic rings. The molecule has 0 unspecified atom stereocenters. The molecule has 0 radical (unpaired) electrons. The molecule has 0 bridgehead atoms. The lowest BCUT2D eigenvalue weighted by Crippen LogP contribution is -2.52. The molecule has 2 fully saturated rings. The van der Waals surface area contributed by atoms with Crippen molar-refractivity contribution in [1.29, 1.82) is 0 Å². The Kier molecular flexibility index (Phi) is 5.99. The van der Waals surface area contributed by atoms with Crippen LogP contribution in [-0.2, 0) is 4.74 Å². The Labute approximate surface area is 146 Å². The molecule has 0 aromatic heterocycles. The number of carbonyl (C=O) groups excluding carboxylic acids is 1. The molecule has 1 aliphatic heterocycles. The number of likely N-dealkylation sites (tertiary alicyclic amines) is 1. The predicted octanol–water partition coefficient (Wildman–Crippen LogP) is 2.65. The van der Waals surface area contributed by atoms with E-state index >= 15 is 0 Å². The number of hydrogen-bond donors (Lipinski definition) is 0. The first-order valence-electron chi connectivity index (χ1n) is 9.10. The Balaban J connectivity index is 1.97. The number of carbonyl (C=O) groups is 1. The van der Waals surface area contributed by atoms with Crippen molar-refractivity contribution < 1.29 is 9.53 Å². The van der Waals surface area contributed by atoms with Crippen LogP contribution in [0.15, 0.2) is 4.99 Å². The van der Waals surface area contributed by atoms with Crippen molar-refractivity contribution in [2.45, 2.75) is 58.1 Å². The van der Waals surface area contributed by atoms with Crippen LogP contribution < -0.4 is 0 Å². The first-order valence-corrected chi connectivity index (χ1v) is 9.10. The summed E-state index contributed by atoms with van der Waals surface area (Å²) in [5.74, 6) is 1.68. The Morgan fingerprint density at radius 1 is 1.17 bits per heavy atom. The maximum absolute atomic E-state index is 12.7. The average molecular weight is 338 g/mol. The summed E-state index contributed by atoms with van der Waals surface area (Å²) in [7, 11) is 5.88. The van der Waals surface area contributed by atoms with Gasteiger partial charge in [0, 0.05) is 46.8 Å². The second-order valence-electron chi connectivity index (χ2n) is 8.21. The highest BCUT2D eigenvalue weighted by atomic mass is 16.6. The second kappa shape index (κ2) is 7.62. The number of piperidine rings is 1. The van der Waals surface area contributed by atoms with E-state index < -0.39 is 5.60 Å². The largest absolute Gasteiger partial charge is 0.444 e. The molecule has 24 heavy (non-hydrogen) atoms. The van der Waals surface area contributed by atoms with Crippen LogP contribution >= 0.6 is 0 Å². The maximum atomic E-state index is 12.7. The minimum absolute atomic E-state index is 0.148. The monoisotopic (exact) mass is 338 g/mol. The van der Waals surface area contributed by atoms with Crippen LogP contribution in [0.5, 0.6) is 0 Å². The second-order valence-corrected chi connectivity index (χ2v) is 8.21. The van der Waals surface area contributed by atoms with Gasteiger partial charge in [-0.15, -0.1) is 0 Å². The van der Waals surface area contributed by atoms with Crippen LogP contribution in [0.25, 0.3) is 0 Å². The van der Waals surface area contributed by atoms with Gasteiger partial charge in [-0.05, 0) is 52.4 Å². The fourth-order valence-electron chi connectivity index (χ4n) is 3.27. The zero-order valence-corrected chi connectivity index (χ0v) is 16.2. The van der Waals surface area contributed by atoms with Gasteiger partial charge in [0.25, 0.3) is 0 Å². The van der Waals surface area contributed by atoms with Crippen molar-refractivity contribution in [2.24, 2.45) is 10.9 Å². The van der Waals surface area contributed by atoms with Gasteiger partial charge in [-0.1, -0.05) is 0 Å². The van der Waals surface area contributed by atoms with E-state index in [0.29, 0.717) is 5.92 Å². The Morgan fingerprint density at radius 2 is 1.75 bits per heavy atom. The first-order chi connectivity index (χ1) is 11.2. The predicted molar refractivity (Wildman–Crippen MR) is 97.3 cm³/mol. The zero-order valence-electron chi connectivity index (χ0n) is 16.2. The number of amides is 1. The van der Waals surface area contributed by atoms with E-state index in [4.69, 9.17) is 4.74 Å². The van der Waals surface area contributed by atoms with Gasteiger partial charge in [-0.3, -0.25) is 4.99 Å². The number of nitrogens with zero attached hydrogens (tertiary/aromatic N) is 4. The molecule has 1 heterocycles. The fourth-order valence-corrected chi connectivity index (χ4v) is 3.27. The summed E-state index contributed by atoms with van der Waals surface area (Å²) in [4.78, 5) is 23.4. The molecule has 0 N–H and O–H groups in total. The summed E-state index contributed by atoms with van der Waals surface area (Å²) in [6, 6.07) is 0.275. The molecule has 1 amide bonds. The van der Waals surface area contributed by atoms with E-state index in [0.717, 1.165) is 38.4 Å². The summed E-state index contributed by atoms with van der Waals surface area (Å²) >= 11 is 0. The summed E-state index contributed by atoms with van der Waals surface area (Å²) in [6.45, 7) is 8.51. The SMILES string of the molecule is CN=C(N(C)C)N1CCC(N(CC2CC2)C(=O)OC(C)(C)C)CC1. The Bertz CT molecular complexity index is 458. The van der Waals surface area contributed by atoms with Crippen LogP contribution in [0.2, 0.25) is 0 Å². The molecule has 6 nitrogen and oxygen atoms in total. The lowest BCUT2D eigenvalue weighted by Gasteiger charge is -2.41. The van der Waals surface area contributed by atoms with Crippen molar-refractivity contribution >= 4 is 12.1 Å². The lowest BCUT2D eigenvalue weighted by atomic mass is 10.0. The summed E-state index contributed by atoms with van der Waals surface area (Å²) in [6.07, 6.45) is 4.28. The van der Waals surface area contributed by atoms with E-state index in [-0.39, 0.29) is 12.1 Å². The number of rotatable bonds is 3. The number of guanidine groups is 1. The molecule has 0 atom stereocenters. The minimum Gasteiger partial charge on any atom is -0.444 e. The average Bonchev–Trinajstić information content (AvgIpc) is 3.28. The topological polar surface area (TPSA) is 48.4 Å². The molecule has 0 aromatic rings. The minimum atomic E-state index is -0.438. The third kappa shape index (κ3) is 5.28. The number of hydrogen-bond acceptors (Lipinski definition) is 3. The molecule has 138 valence electrons. The van der Waals surface area contributed by atoms with Crippen LogP contribution in [0.4, 0.5) is 4.79 Å². The summed E-state index contributed by atoms with van der Waals surface area (Å²) in [5, 5.41) is 0. The van der Waals surface area contributed by atoms with E-state index in [1.165, 1.54) is 12.8 Å². The van der Waals surface area contributed by atoms with Crippen molar-refractivity contribution in [3.8, 4) is 0 Å². The Hall–Kier alpha value is -1.46. The summed E-state index contributed by atoms with van der Waals surface area (Å²) < 4.78 is 5.66. The molecule has 2 rings (SSSR count). The van der Waals surface area contributed by atoms with Gasteiger partial charge in [0.15, 0.2) is 5.96 Å². The number of ether oxygens (including phenoxy) is 1. The van der Waals surface area contributed by atoms with Gasteiger partial charge < -0.3 is 19.4 Å². The third-order valence-corrected chi connectivity index (χ3v) is 4.57. The molecular formula is C18H34N4O2. The van der Waals surface area contributed by atoms with Gasteiger partial charge in [0.1, 0.15) is 5.60 Å². The maximum Gasteiger partial charge on any atom is 0.410 e. The molecule has 0 aromatic carbocycles. The normalized spacial score (nSPS) is 20.1. The highest BCUT2D eigenvalue weighted by Gasteiger charge is 2.35. The molecule has 1 saturated carbocycles. The van der Waals surface area contributed by atoms with Gasteiger partial charge in [0.2, 0.25) is 0 Å². The molecule has 0 spiro atoms. The number of aliphatic imine (C=N–C) groups is 1. The van der Waals surface area contributed by atoms with Crippen LogP contribution in [0.1, 0.15) is 46.5 Å². The first kappa shape index (κ1) is 18.9.